The Morgan fingerprint density at radius 2 is 1.65 bits per heavy atom. The first-order chi connectivity index (χ1) is 12.7. The molecule has 0 aliphatic rings. The molecule has 2 heterocycles. The van der Waals surface area contributed by atoms with Crippen LogP contribution >= 0.6 is 0 Å². The molecule has 1 N–H and O–H groups in total. The zero-order valence-electron chi connectivity index (χ0n) is 14.7. The van der Waals surface area contributed by atoms with E-state index in [2.05, 4.69) is 27.3 Å². The van der Waals surface area contributed by atoms with Crippen molar-refractivity contribution < 1.29 is 0 Å². The SMILES string of the molecule is CN(C)c1cccc(Nc2nc(-c3ccncc3)nc3ccccc23)c1. The van der Waals surface area contributed by atoms with E-state index in [9.17, 15) is 0 Å². The largest absolute Gasteiger partial charge is 0.378 e. The van der Waals surface area contributed by atoms with Gasteiger partial charge < -0.3 is 10.2 Å². The van der Waals surface area contributed by atoms with Crippen LogP contribution in [-0.4, -0.2) is 29.0 Å². The number of aromatic nitrogens is 3. The second-order valence-corrected chi connectivity index (χ2v) is 6.22. The van der Waals surface area contributed by atoms with E-state index in [1.807, 2.05) is 62.6 Å². The lowest BCUT2D eigenvalue weighted by Crippen LogP contribution is -2.08. The highest BCUT2D eigenvalue weighted by atomic mass is 15.1. The van der Waals surface area contributed by atoms with Crippen LogP contribution in [0.25, 0.3) is 22.3 Å². The molecular formula is C21H19N5. The minimum absolute atomic E-state index is 0.678. The molecule has 0 bridgehead atoms. The van der Waals surface area contributed by atoms with Gasteiger partial charge in [-0.3, -0.25) is 4.98 Å². The molecule has 2 aromatic carbocycles. The fourth-order valence-corrected chi connectivity index (χ4v) is 2.80. The van der Waals surface area contributed by atoms with E-state index in [1.54, 1.807) is 12.4 Å². The molecule has 0 aliphatic heterocycles. The maximum Gasteiger partial charge on any atom is 0.162 e. The van der Waals surface area contributed by atoms with Crippen molar-refractivity contribution in [3.05, 3.63) is 73.1 Å². The van der Waals surface area contributed by atoms with Gasteiger partial charge in [-0.25, -0.2) is 9.97 Å². The minimum atomic E-state index is 0.678. The lowest BCUT2D eigenvalue weighted by molar-refractivity contribution is 1.13. The molecule has 5 heteroatoms. The molecule has 0 unspecified atom stereocenters. The normalized spacial score (nSPS) is 10.7. The molecule has 26 heavy (non-hydrogen) atoms. The lowest BCUT2D eigenvalue weighted by atomic mass is 10.2. The van der Waals surface area contributed by atoms with Gasteiger partial charge in [0.1, 0.15) is 5.82 Å². The van der Waals surface area contributed by atoms with Gasteiger partial charge in [0.05, 0.1) is 5.52 Å². The summed E-state index contributed by atoms with van der Waals surface area (Å²) < 4.78 is 0. The van der Waals surface area contributed by atoms with E-state index in [0.717, 1.165) is 33.7 Å². The first kappa shape index (κ1) is 16.0. The van der Waals surface area contributed by atoms with Gasteiger partial charge in [0.25, 0.3) is 0 Å². The third-order valence-corrected chi connectivity index (χ3v) is 4.17. The fourth-order valence-electron chi connectivity index (χ4n) is 2.80. The monoisotopic (exact) mass is 341 g/mol. The lowest BCUT2D eigenvalue weighted by Gasteiger charge is -2.15. The summed E-state index contributed by atoms with van der Waals surface area (Å²) in [5, 5.41) is 4.45. The molecule has 0 aliphatic carbocycles. The maximum absolute atomic E-state index is 4.78. The summed E-state index contributed by atoms with van der Waals surface area (Å²) in [5.74, 6) is 1.47. The minimum Gasteiger partial charge on any atom is -0.378 e. The molecule has 128 valence electrons. The Kier molecular flexibility index (Phi) is 4.19. The van der Waals surface area contributed by atoms with Crippen molar-refractivity contribution in [2.24, 2.45) is 0 Å². The molecule has 5 nitrogen and oxygen atoms in total. The van der Waals surface area contributed by atoms with Crippen LogP contribution in [0.1, 0.15) is 0 Å². The van der Waals surface area contributed by atoms with Crippen LogP contribution in [0, 0.1) is 0 Å². The molecule has 0 amide bonds. The van der Waals surface area contributed by atoms with Crippen LogP contribution in [0.15, 0.2) is 73.1 Å². The van der Waals surface area contributed by atoms with Crippen molar-refractivity contribution in [1.82, 2.24) is 15.0 Å². The summed E-state index contributed by atoms with van der Waals surface area (Å²) in [7, 11) is 4.06. The number of benzene rings is 2. The zero-order chi connectivity index (χ0) is 17.9. The summed E-state index contributed by atoms with van der Waals surface area (Å²) in [5.41, 5.74) is 3.96. The number of hydrogen-bond donors (Lipinski definition) is 1. The Labute approximate surface area is 152 Å². The number of para-hydroxylation sites is 1. The summed E-state index contributed by atoms with van der Waals surface area (Å²) in [6, 6.07) is 20.1. The molecule has 4 aromatic rings. The van der Waals surface area contributed by atoms with Gasteiger partial charge in [-0.15, -0.1) is 0 Å². The van der Waals surface area contributed by atoms with Gasteiger partial charge in [0.2, 0.25) is 0 Å². The van der Waals surface area contributed by atoms with E-state index in [1.165, 1.54) is 0 Å². The van der Waals surface area contributed by atoms with E-state index >= 15 is 0 Å². The Bertz CT molecular complexity index is 1040. The molecule has 0 fully saturated rings. The average molecular weight is 341 g/mol. The van der Waals surface area contributed by atoms with Crippen LogP contribution in [0.2, 0.25) is 0 Å². The standard InChI is InChI=1S/C21H19N5/c1-26(2)17-7-5-6-16(14-17)23-21-18-8-3-4-9-19(18)24-20(25-21)15-10-12-22-13-11-15/h3-14H,1-2H3,(H,23,24,25). The molecule has 0 spiro atoms. The number of anilines is 3. The quantitative estimate of drug-likeness (QED) is 0.592. The van der Waals surface area contributed by atoms with Crippen molar-refractivity contribution in [1.29, 1.82) is 0 Å². The van der Waals surface area contributed by atoms with Crippen molar-refractivity contribution in [2.75, 3.05) is 24.3 Å². The van der Waals surface area contributed by atoms with E-state index in [0.29, 0.717) is 5.82 Å². The van der Waals surface area contributed by atoms with Crippen molar-refractivity contribution in [2.45, 2.75) is 0 Å². The molecule has 4 rings (SSSR count). The maximum atomic E-state index is 4.78. The number of nitrogens with zero attached hydrogens (tertiary/aromatic N) is 4. The Morgan fingerprint density at radius 1 is 0.846 bits per heavy atom. The zero-order valence-corrected chi connectivity index (χ0v) is 14.7. The van der Waals surface area contributed by atoms with Crippen LogP contribution in [0.4, 0.5) is 17.2 Å². The third kappa shape index (κ3) is 3.19. The summed E-state index contributed by atoms with van der Waals surface area (Å²) in [6.07, 6.45) is 3.50. The summed E-state index contributed by atoms with van der Waals surface area (Å²) in [4.78, 5) is 15.6. The summed E-state index contributed by atoms with van der Waals surface area (Å²) >= 11 is 0. The first-order valence-electron chi connectivity index (χ1n) is 8.42. The van der Waals surface area contributed by atoms with Gasteiger partial charge in [-0.2, -0.15) is 0 Å². The van der Waals surface area contributed by atoms with Crippen LogP contribution < -0.4 is 10.2 Å². The van der Waals surface area contributed by atoms with Gasteiger partial charge in [0.15, 0.2) is 5.82 Å². The predicted octanol–water partition coefficient (Wildman–Crippen LogP) is 4.50. The molecule has 0 atom stereocenters. The number of rotatable bonds is 4. The topological polar surface area (TPSA) is 53.9 Å². The van der Waals surface area contributed by atoms with Crippen molar-refractivity contribution in [3.8, 4) is 11.4 Å². The molecule has 0 saturated heterocycles. The predicted molar refractivity (Wildman–Crippen MR) is 107 cm³/mol. The smallest absolute Gasteiger partial charge is 0.162 e. The highest BCUT2D eigenvalue weighted by molar-refractivity contribution is 5.92. The molecule has 0 saturated carbocycles. The van der Waals surface area contributed by atoms with Gasteiger partial charge >= 0.3 is 0 Å². The fraction of sp³-hybridized carbons (Fsp3) is 0.0952. The van der Waals surface area contributed by atoms with Crippen molar-refractivity contribution in [3.63, 3.8) is 0 Å². The van der Waals surface area contributed by atoms with E-state index in [4.69, 9.17) is 9.97 Å². The number of nitrogens with one attached hydrogen (secondary N) is 1. The van der Waals surface area contributed by atoms with Gasteiger partial charge in [0, 0.05) is 48.8 Å². The van der Waals surface area contributed by atoms with Crippen molar-refractivity contribution >= 4 is 28.1 Å². The number of pyridine rings is 1. The number of hydrogen-bond acceptors (Lipinski definition) is 5. The van der Waals surface area contributed by atoms with E-state index in [-0.39, 0.29) is 0 Å². The average Bonchev–Trinajstić information content (AvgIpc) is 2.69. The first-order valence-corrected chi connectivity index (χ1v) is 8.42. The second kappa shape index (κ2) is 6.80. The second-order valence-electron chi connectivity index (χ2n) is 6.22. The molecule has 0 radical (unpaired) electrons. The van der Waals surface area contributed by atoms with Crippen LogP contribution in [-0.2, 0) is 0 Å². The number of fused-ring (bicyclic) bond motifs is 1. The highest BCUT2D eigenvalue weighted by Crippen LogP contribution is 2.28. The molecular weight excluding hydrogens is 322 g/mol. The third-order valence-electron chi connectivity index (χ3n) is 4.17. The highest BCUT2D eigenvalue weighted by Gasteiger charge is 2.10. The van der Waals surface area contributed by atoms with Gasteiger partial charge in [-0.1, -0.05) is 18.2 Å². The van der Waals surface area contributed by atoms with Crippen LogP contribution in [0.3, 0.4) is 0 Å². The Morgan fingerprint density at radius 3 is 2.46 bits per heavy atom. The summed E-state index contributed by atoms with van der Waals surface area (Å²) in [6.45, 7) is 0. The van der Waals surface area contributed by atoms with Gasteiger partial charge in [-0.05, 0) is 42.5 Å². The molecule has 2 aromatic heterocycles. The Balaban J connectivity index is 1.82. The van der Waals surface area contributed by atoms with Crippen LogP contribution in [0.5, 0.6) is 0 Å². The Hall–Kier alpha value is -3.47. The van der Waals surface area contributed by atoms with E-state index < -0.39 is 0 Å².